The molecule has 25 heavy (non-hydrogen) atoms. The Balaban J connectivity index is 1.42. The zero-order valence-corrected chi connectivity index (χ0v) is 13.3. The third-order valence-electron chi connectivity index (χ3n) is 4.04. The van der Waals surface area contributed by atoms with Crippen LogP contribution in [0.4, 0.5) is 19.1 Å². The molecule has 0 atom stereocenters. The maximum atomic E-state index is 12.5. The fourth-order valence-corrected chi connectivity index (χ4v) is 2.60. The predicted octanol–water partition coefficient (Wildman–Crippen LogP) is 2.75. The zero-order valence-electron chi connectivity index (χ0n) is 13.3. The molecule has 1 aliphatic heterocycles. The van der Waals surface area contributed by atoms with Crippen molar-refractivity contribution in [2.45, 2.75) is 25.1 Å². The summed E-state index contributed by atoms with van der Waals surface area (Å²) < 4.78 is 37.5. The number of carbonyl (C=O) groups excluding carboxylic acids is 1. The molecule has 1 aromatic heterocycles. The lowest BCUT2D eigenvalue weighted by Gasteiger charge is -2.39. The summed E-state index contributed by atoms with van der Waals surface area (Å²) in [5, 5.41) is 3.13. The summed E-state index contributed by atoms with van der Waals surface area (Å²) in [6, 6.07) is 6.78. The van der Waals surface area contributed by atoms with E-state index in [4.69, 9.17) is 0 Å². The van der Waals surface area contributed by atoms with Gasteiger partial charge in [-0.1, -0.05) is 12.1 Å². The van der Waals surface area contributed by atoms with Crippen molar-refractivity contribution < 1.29 is 18.0 Å². The van der Waals surface area contributed by atoms with Crippen LogP contribution in [0.2, 0.25) is 0 Å². The number of carbonyl (C=O) groups is 1. The second-order valence-electron chi connectivity index (χ2n) is 5.91. The normalized spacial score (nSPS) is 14.9. The number of benzene rings is 1. The van der Waals surface area contributed by atoms with Crippen molar-refractivity contribution in [2.24, 2.45) is 0 Å². The number of halogens is 3. The zero-order chi connectivity index (χ0) is 17.9. The molecule has 1 aliphatic rings. The maximum Gasteiger partial charge on any atom is 0.416 e. The topological polar surface area (TPSA) is 58.1 Å². The number of amides is 1. The molecule has 2 aromatic rings. The first kappa shape index (κ1) is 17.2. The van der Waals surface area contributed by atoms with E-state index in [1.165, 1.54) is 12.1 Å². The third-order valence-corrected chi connectivity index (χ3v) is 4.04. The average molecular weight is 350 g/mol. The standard InChI is InChI=1S/C17H17F3N4O/c18-17(19,20)13-5-2-12(3-6-13)4-7-15(25)24-10-14(11-24)23-16-21-8-1-9-22-16/h1-3,5-6,8-9,14H,4,7,10-11H2,(H,21,22,23). The van der Waals surface area contributed by atoms with Crippen molar-refractivity contribution in [3.63, 3.8) is 0 Å². The number of rotatable bonds is 5. The van der Waals surface area contributed by atoms with E-state index in [1.807, 2.05) is 0 Å². The molecule has 0 bridgehead atoms. The number of nitrogens with one attached hydrogen (secondary N) is 1. The number of alkyl halides is 3. The van der Waals surface area contributed by atoms with Gasteiger partial charge in [-0.2, -0.15) is 13.2 Å². The van der Waals surface area contributed by atoms with Crippen LogP contribution in [0.1, 0.15) is 17.5 Å². The van der Waals surface area contributed by atoms with E-state index in [-0.39, 0.29) is 18.4 Å². The van der Waals surface area contributed by atoms with Crippen LogP contribution in [0.5, 0.6) is 0 Å². The van der Waals surface area contributed by atoms with Crippen LogP contribution in [-0.4, -0.2) is 39.9 Å². The Morgan fingerprint density at radius 3 is 2.40 bits per heavy atom. The first-order chi connectivity index (χ1) is 11.9. The quantitative estimate of drug-likeness (QED) is 0.901. The summed E-state index contributed by atoms with van der Waals surface area (Å²) in [7, 11) is 0. The highest BCUT2D eigenvalue weighted by atomic mass is 19.4. The minimum Gasteiger partial charge on any atom is -0.348 e. The van der Waals surface area contributed by atoms with E-state index in [9.17, 15) is 18.0 Å². The van der Waals surface area contributed by atoms with Crippen molar-refractivity contribution >= 4 is 11.9 Å². The number of hydrogen-bond acceptors (Lipinski definition) is 4. The molecule has 0 unspecified atom stereocenters. The molecule has 1 N–H and O–H groups in total. The van der Waals surface area contributed by atoms with Crippen LogP contribution in [0.3, 0.4) is 0 Å². The lowest BCUT2D eigenvalue weighted by atomic mass is 10.0. The van der Waals surface area contributed by atoms with Crippen LogP contribution in [0.25, 0.3) is 0 Å². The lowest BCUT2D eigenvalue weighted by Crippen LogP contribution is -2.57. The van der Waals surface area contributed by atoms with Gasteiger partial charge in [-0.3, -0.25) is 4.79 Å². The molecule has 132 valence electrons. The van der Waals surface area contributed by atoms with Crippen LogP contribution in [-0.2, 0) is 17.4 Å². The summed E-state index contributed by atoms with van der Waals surface area (Å²) in [5.41, 5.74) is 0.0385. The third kappa shape index (κ3) is 4.46. The fourth-order valence-electron chi connectivity index (χ4n) is 2.60. The van der Waals surface area contributed by atoms with Gasteiger partial charge in [-0.05, 0) is 30.2 Å². The van der Waals surface area contributed by atoms with Gasteiger partial charge in [0.15, 0.2) is 0 Å². The number of hydrogen-bond donors (Lipinski definition) is 1. The molecule has 0 spiro atoms. The number of aryl methyl sites for hydroxylation is 1. The summed E-state index contributed by atoms with van der Waals surface area (Å²) in [6.07, 6.45) is -0.355. The molecule has 1 amide bonds. The van der Waals surface area contributed by atoms with E-state index in [2.05, 4.69) is 15.3 Å². The number of anilines is 1. The number of likely N-dealkylation sites (tertiary alicyclic amines) is 1. The average Bonchev–Trinajstić information content (AvgIpc) is 2.56. The number of aromatic nitrogens is 2. The molecule has 1 saturated heterocycles. The Morgan fingerprint density at radius 1 is 1.16 bits per heavy atom. The van der Waals surface area contributed by atoms with Gasteiger partial charge in [0, 0.05) is 31.9 Å². The summed E-state index contributed by atoms with van der Waals surface area (Å²) in [6.45, 7) is 1.15. The molecular formula is C17H17F3N4O. The van der Waals surface area contributed by atoms with E-state index in [0.717, 1.165) is 12.1 Å². The first-order valence-electron chi connectivity index (χ1n) is 7.89. The monoisotopic (exact) mass is 350 g/mol. The van der Waals surface area contributed by atoms with Gasteiger partial charge in [0.1, 0.15) is 0 Å². The first-order valence-corrected chi connectivity index (χ1v) is 7.89. The second-order valence-corrected chi connectivity index (χ2v) is 5.91. The van der Waals surface area contributed by atoms with Gasteiger partial charge >= 0.3 is 6.18 Å². The highest BCUT2D eigenvalue weighted by Gasteiger charge is 2.31. The molecular weight excluding hydrogens is 333 g/mol. The van der Waals surface area contributed by atoms with Crippen molar-refractivity contribution in [2.75, 3.05) is 18.4 Å². The number of nitrogens with zero attached hydrogens (tertiary/aromatic N) is 3. The molecule has 1 fully saturated rings. The Labute approximate surface area is 142 Å². The maximum absolute atomic E-state index is 12.5. The van der Waals surface area contributed by atoms with E-state index >= 15 is 0 Å². The SMILES string of the molecule is O=C(CCc1ccc(C(F)(F)F)cc1)N1CC(Nc2ncccn2)C1. The molecule has 8 heteroatoms. The molecule has 0 saturated carbocycles. The lowest BCUT2D eigenvalue weighted by molar-refractivity contribution is -0.137. The smallest absolute Gasteiger partial charge is 0.348 e. The van der Waals surface area contributed by atoms with Crippen LogP contribution in [0, 0.1) is 0 Å². The summed E-state index contributed by atoms with van der Waals surface area (Å²) >= 11 is 0. The van der Waals surface area contributed by atoms with Crippen molar-refractivity contribution in [1.82, 2.24) is 14.9 Å². The van der Waals surface area contributed by atoms with Crippen molar-refractivity contribution in [3.05, 3.63) is 53.9 Å². The van der Waals surface area contributed by atoms with Gasteiger partial charge in [0.05, 0.1) is 11.6 Å². The Morgan fingerprint density at radius 2 is 1.80 bits per heavy atom. The predicted molar refractivity (Wildman–Crippen MR) is 85.8 cm³/mol. The van der Waals surface area contributed by atoms with Gasteiger partial charge in [0.2, 0.25) is 11.9 Å². The van der Waals surface area contributed by atoms with Gasteiger partial charge in [-0.15, -0.1) is 0 Å². The molecule has 0 aliphatic carbocycles. The van der Waals surface area contributed by atoms with Gasteiger partial charge < -0.3 is 10.2 Å². The minimum absolute atomic E-state index is 0.00747. The Kier molecular flexibility index (Phi) is 4.87. The fraction of sp³-hybridized carbons (Fsp3) is 0.353. The van der Waals surface area contributed by atoms with Gasteiger partial charge in [0.25, 0.3) is 0 Å². The van der Waals surface area contributed by atoms with E-state index in [1.54, 1.807) is 23.4 Å². The second kappa shape index (κ2) is 7.08. The van der Waals surface area contributed by atoms with Crippen LogP contribution in [0.15, 0.2) is 42.7 Å². The van der Waals surface area contributed by atoms with Crippen molar-refractivity contribution in [1.29, 1.82) is 0 Å². The molecule has 2 heterocycles. The Hall–Kier alpha value is -2.64. The van der Waals surface area contributed by atoms with Gasteiger partial charge in [-0.25, -0.2) is 9.97 Å². The summed E-state index contributed by atoms with van der Waals surface area (Å²) in [4.78, 5) is 22.0. The molecule has 3 rings (SSSR count). The highest BCUT2D eigenvalue weighted by molar-refractivity contribution is 5.77. The molecule has 5 nitrogen and oxygen atoms in total. The van der Waals surface area contributed by atoms with E-state index in [0.29, 0.717) is 31.0 Å². The highest BCUT2D eigenvalue weighted by Crippen LogP contribution is 2.29. The molecule has 0 radical (unpaired) electrons. The van der Waals surface area contributed by atoms with Crippen LogP contribution >= 0.6 is 0 Å². The Bertz CT molecular complexity index is 713. The molecule has 1 aromatic carbocycles. The minimum atomic E-state index is -4.34. The van der Waals surface area contributed by atoms with Crippen molar-refractivity contribution in [3.8, 4) is 0 Å². The summed E-state index contributed by atoms with van der Waals surface area (Å²) in [5.74, 6) is 0.524. The largest absolute Gasteiger partial charge is 0.416 e. The van der Waals surface area contributed by atoms with E-state index < -0.39 is 11.7 Å². The van der Waals surface area contributed by atoms with Crippen LogP contribution < -0.4 is 5.32 Å².